The molecule has 0 saturated carbocycles. The minimum Gasteiger partial charge on any atom is -0.330 e. The van der Waals surface area contributed by atoms with Crippen molar-refractivity contribution in [3.63, 3.8) is 0 Å². The van der Waals surface area contributed by atoms with Crippen LogP contribution in [0.15, 0.2) is 16.6 Å². The van der Waals surface area contributed by atoms with Crippen LogP contribution < -0.4 is 5.73 Å². The van der Waals surface area contributed by atoms with Crippen LogP contribution >= 0.6 is 15.9 Å². The van der Waals surface area contributed by atoms with Gasteiger partial charge in [-0.25, -0.2) is 8.78 Å². The van der Waals surface area contributed by atoms with Gasteiger partial charge in [0.1, 0.15) is 11.6 Å². The van der Waals surface area contributed by atoms with E-state index in [1.54, 1.807) is 6.92 Å². The van der Waals surface area contributed by atoms with Crippen LogP contribution in [0.4, 0.5) is 8.78 Å². The minimum absolute atomic E-state index is 0.0608. The predicted molar refractivity (Wildman–Crippen MR) is 51.5 cm³/mol. The Bertz CT molecular complexity index is 291. The van der Waals surface area contributed by atoms with Gasteiger partial charge < -0.3 is 5.73 Å². The molecule has 72 valence electrons. The van der Waals surface area contributed by atoms with Gasteiger partial charge in [-0.2, -0.15) is 0 Å². The molecule has 1 aromatic carbocycles. The van der Waals surface area contributed by atoms with Crippen molar-refractivity contribution in [2.24, 2.45) is 5.73 Å². The van der Waals surface area contributed by atoms with E-state index < -0.39 is 11.6 Å². The zero-order valence-corrected chi connectivity index (χ0v) is 8.74. The minimum atomic E-state index is -0.551. The largest absolute Gasteiger partial charge is 0.330 e. The van der Waals surface area contributed by atoms with Gasteiger partial charge in [-0.05, 0) is 24.6 Å². The zero-order valence-electron chi connectivity index (χ0n) is 7.15. The summed E-state index contributed by atoms with van der Waals surface area (Å²) in [7, 11) is 0. The Labute approximate surface area is 84.1 Å². The smallest absolute Gasteiger partial charge is 0.130 e. The molecule has 1 rings (SSSR count). The lowest BCUT2D eigenvalue weighted by molar-refractivity contribution is 0.533. The number of halogens is 3. The summed E-state index contributed by atoms with van der Waals surface area (Å²) in [6.07, 6.45) is 0. The summed E-state index contributed by atoms with van der Waals surface area (Å²) in [4.78, 5) is 0. The van der Waals surface area contributed by atoms with Crippen molar-refractivity contribution in [2.45, 2.75) is 12.8 Å². The average molecular weight is 250 g/mol. The van der Waals surface area contributed by atoms with E-state index in [2.05, 4.69) is 15.9 Å². The van der Waals surface area contributed by atoms with Gasteiger partial charge >= 0.3 is 0 Å². The van der Waals surface area contributed by atoms with E-state index in [1.165, 1.54) is 12.1 Å². The third kappa shape index (κ3) is 2.25. The van der Waals surface area contributed by atoms with Crippen molar-refractivity contribution < 1.29 is 8.78 Å². The molecule has 0 aromatic heterocycles. The monoisotopic (exact) mass is 249 g/mol. The highest BCUT2D eigenvalue weighted by atomic mass is 79.9. The van der Waals surface area contributed by atoms with Gasteiger partial charge in [-0.3, -0.25) is 0 Å². The lowest BCUT2D eigenvalue weighted by atomic mass is 10.0. The van der Waals surface area contributed by atoms with Gasteiger partial charge in [0.25, 0.3) is 0 Å². The lowest BCUT2D eigenvalue weighted by Crippen LogP contribution is -2.12. The van der Waals surface area contributed by atoms with Crippen LogP contribution in [-0.4, -0.2) is 6.54 Å². The molecule has 1 nitrogen and oxygen atoms in total. The number of hydrogen-bond donors (Lipinski definition) is 1. The van der Waals surface area contributed by atoms with Crippen LogP contribution in [0.3, 0.4) is 0 Å². The summed E-state index contributed by atoms with van der Waals surface area (Å²) in [6, 6.07) is 2.48. The van der Waals surface area contributed by atoms with Crippen molar-refractivity contribution in [3.05, 3.63) is 33.8 Å². The van der Waals surface area contributed by atoms with Gasteiger partial charge in [0, 0.05) is 10.0 Å². The topological polar surface area (TPSA) is 26.0 Å². The fourth-order valence-electron chi connectivity index (χ4n) is 1.14. The van der Waals surface area contributed by atoms with Crippen LogP contribution in [0.2, 0.25) is 0 Å². The molecule has 0 aliphatic rings. The summed E-state index contributed by atoms with van der Waals surface area (Å²) in [5.74, 6) is -1.40. The highest BCUT2D eigenvalue weighted by molar-refractivity contribution is 9.10. The molecule has 0 heterocycles. The molecule has 0 saturated heterocycles. The van der Waals surface area contributed by atoms with Crippen molar-refractivity contribution in [2.75, 3.05) is 6.54 Å². The van der Waals surface area contributed by atoms with Crippen LogP contribution in [0.1, 0.15) is 18.4 Å². The Kier molecular flexibility index (Phi) is 3.39. The third-order valence-corrected chi connectivity index (χ3v) is 2.35. The van der Waals surface area contributed by atoms with Gasteiger partial charge in [-0.1, -0.05) is 22.9 Å². The maximum atomic E-state index is 13.2. The van der Waals surface area contributed by atoms with E-state index in [0.717, 1.165) is 0 Å². The number of rotatable bonds is 2. The standard InChI is InChI=1S/C9H10BrF2N/c1-5(4-13)9-7(11)2-6(10)3-8(9)12/h2-3,5H,4,13H2,1H3. The first-order valence-corrected chi connectivity index (χ1v) is 4.70. The Morgan fingerprint density at radius 2 is 1.85 bits per heavy atom. The maximum Gasteiger partial charge on any atom is 0.130 e. The molecule has 4 heteroatoms. The quantitative estimate of drug-likeness (QED) is 0.858. The van der Waals surface area contributed by atoms with Gasteiger partial charge in [0.2, 0.25) is 0 Å². The fourth-order valence-corrected chi connectivity index (χ4v) is 1.54. The van der Waals surface area contributed by atoms with Gasteiger partial charge in [-0.15, -0.1) is 0 Å². The Balaban J connectivity index is 3.20. The van der Waals surface area contributed by atoms with Crippen molar-refractivity contribution in [1.29, 1.82) is 0 Å². The second kappa shape index (κ2) is 4.15. The van der Waals surface area contributed by atoms with E-state index in [-0.39, 0.29) is 18.0 Å². The van der Waals surface area contributed by atoms with Crippen molar-refractivity contribution in [3.8, 4) is 0 Å². The molecule has 0 radical (unpaired) electrons. The van der Waals surface area contributed by atoms with Gasteiger partial charge in [0.05, 0.1) is 0 Å². The molecule has 0 bridgehead atoms. The number of benzene rings is 1. The lowest BCUT2D eigenvalue weighted by Gasteiger charge is -2.11. The molecular formula is C9H10BrF2N. The van der Waals surface area contributed by atoms with E-state index in [9.17, 15) is 8.78 Å². The SMILES string of the molecule is CC(CN)c1c(F)cc(Br)cc1F. The third-order valence-electron chi connectivity index (χ3n) is 1.89. The normalized spacial score (nSPS) is 13.0. The van der Waals surface area contributed by atoms with E-state index in [1.807, 2.05) is 0 Å². The van der Waals surface area contributed by atoms with E-state index in [4.69, 9.17) is 5.73 Å². The first-order chi connectivity index (χ1) is 6.06. The summed E-state index contributed by atoms with van der Waals surface area (Å²) in [6.45, 7) is 1.92. The summed E-state index contributed by atoms with van der Waals surface area (Å²) in [5, 5.41) is 0. The van der Waals surface area contributed by atoms with Crippen LogP contribution in [-0.2, 0) is 0 Å². The molecule has 0 fully saturated rings. The Morgan fingerprint density at radius 1 is 1.38 bits per heavy atom. The number of nitrogens with two attached hydrogens (primary N) is 1. The van der Waals surface area contributed by atoms with Crippen LogP contribution in [0, 0.1) is 11.6 Å². The van der Waals surface area contributed by atoms with Gasteiger partial charge in [0.15, 0.2) is 0 Å². The second-order valence-electron chi connectivity index (χ2n) is 2.92. The average Bonchev–Trinajstić information content (AvgIpc) is 2.02. The molecule has 1 aromatic rings. The Morgan fingerprint density at radius 3 is 2.23 bits per heavy atom. The Hall–Kier alpha value is -0.480. The summed E-state index contributed by atoms with van der Waals surface area (Å²) >= 11 is 3.01. The molecule has 1 atom stereocenters. The fraction of sp³-hybridized carbons (Fsp3) is 0.333. The molecule has 13 heavy (non-hydrogen) atoms. The second-order valence-corrected chi connectivity index (χ2v) is 3.84. The highest BCUT2D eigenvalue weighted by Crippen LogP contribution is 2.25. The summed E-state index contributed by atoms with van der Waals surface area (Å²) in [5.41, 5.74) is 5.40. The van der Waals surface area contributed by atoms with Crippen molar-refractivity contribution >= 4 is 15.9 Å². The van der Waals surface area contributed by atoms with Crippen molar-refractivity contribution in [1.82, 2.24) is 0 Å². The molecular weight excluding hydrogens is 240 g/mol. The predicted octanol–water partition coefficient (Wildman–Crippen LogP) is 2.79. The zero-order chi connectivity index (χ0) is 10.0. The first kappa shape index (κ1) is 10.6. The van der Waals surface area contributed by atoms with E-state index in [0.29, 0.717) is 4.47 Å². The first-order valence-electron chi connectivity index (χ1n) is 3.90. The molecule has 2 N–H and O–H groups in total. The van der Waals surface area contributed by atoms with Crippen LogP contribution in [0.5, 0.6) is 0 Å². The number of hydrogen-bond acceptors (Lipinski definition) is 1. The molecule has 1 unspecified atom stereocenters. The van der Waals surface area contributed by atoms with E-state index >= 15 is 0 Å². The van der Waals surface area contributed by atoms with Crippen LogP contribution in [0.25, 0.3) is 0 Å². The summed E-state index contributed by atoms with van der Waals surface area (Å²) < 4.78 is 26.8. The molecule has 0 spiro atoms. The molecule has 0 aliphatic carbocycles. The maximum absolute atomic E-state index is 13.2. The highest BCUT2D eigenvalue weighted by Gasteiger charge is 2.15. The molecule has 0 aliphatic heterocycles. The molecule has 0 amide bonds.